The number of benzene rings is 2. The quantitative estimate of drug-likeness (QED) is 0.276. The van der Waals surface area contributed by atoms with Gasteiger partial charge in [-0.2, -0.15) is 0 Å². The molecule has 0 spiro atoms. The summed E-state index contributed by atoms with van der Waals surface area (Å²) in [5.74, 6) is -1.47. The van der Waals surface area contributed by atoms with Crippen LogP contribution in [0.4, 0.5) is 0 Å². The fraction of sp³-hybridized carbons (Fsp3) is 0.250. The lowest BCUT2D eigenvalue weighted by Gasteiger charge is -2.39. The summed E-state index contributed by atoms with van der Waals surface area (Å²) in [6.07, 6.45) is -2.28. The molecule has 0 amide bonds. The van der Waals surface area contributed by atoms with Crippen molar-refractivity contribution in [3.63, 3.8) is 0 Å². The Morgan fingerprint density at radius 1 is 0.853 bits per heavy atom. The highest BCUT2D eigenvalue weighted by Gasteiger charge is 2.45. The van der Waals surface area contributed by atoms with Gasteiger partial charge < -0.3 is 39.7 Å². The molecule has 1 saturated heterocycles. The fourth-order valence-corrected chi connectivity index (χ4v) is 3.07. The van der Waals surface area contributed by atoms with E-state index in [-0.39, 0.29) is 11.5 Å². The molecule has 1 aliphatic heterocycles. The molecular weight excluding hydrogens is 448 g/mol. The normalized spacial score (nSPS) is 24.9. The van der Waals surface area contributed by atoms with E-state index in [9.17, 15) is 30.0 Å². The molecule has 5 N–H and O–H groups in total. The Kier molecular flexibility index (Phi) is 8.39. The van der Waals surface area contributed by atoms with Crippen LogP contribution >= 0.6 is 0 Å². The summed E-state index contributed by atoms with van der Waals surface area (Å²) in [4.78, 5) is 22.6. The molecule has 0 aromatic heterocycles. The summed E-state index contributed by atoms with van der Waals surface area (Å²) >= 11 is 0. The molecule has 2 aromatic carbocycles. The number of aliphatic hydroxyl groups is 3. The van der Waals surface area contributed by atoms with Crippen LogP contribution in [0.25, 0.3) is 12.2 Å². The Balaban J connectivity index is 1.58. The minimum atomic E-state index is -1.62. The van der Waals surface area contributed by atoms with Crippen LogP contribution in [0.15, 0.2) is 60.7 Å². The number of ether oxygens (including phenoxy) is 3. The van der Waals surface area contributed by atoms with Crippen LogP contribution in [0.5, 0.6) is 11.5 Å². The third-order valence-corrected chi connectivity index (χ3v) is 4.91. The van der Waals surface area contributed by atoms with E-state index in [1.807, 2.05) is 0 Å². The number of esters is 1. The van der Waals surface area contributed by atoms with Crippen molar-refractivity contribution in [3.05, 3.63) is 71.8 Å². The predicted molar refractivity (Wildman–Crippen MR) is 119 cm³/mol. The van der Waals surface area contributed by atoms with Crippen molar-refractivity contribution < 1.29 is 49.3 Å². The van der Waals surface area contributed by atoms with Gasteiger partial charge in [-0.05, 0) is 47.5 Å². The molecule has 0 bridgehead atoms. The molecule has 0 saturated carbocycles. The standard InChI is InChI=1S/C24H24O10/c25-16-7-1-14(2-8-16)6-12-20(28)32-13-18-21(29)22(30)23(31)24(34-18)33-17-9-3-15(4-10-17)5-11-19(26)27/h1-12,18,21-25,29-31H,13H2,(H,26,27)/b11-5+,12-6+/t18-,21-,22+,23-,24-/m1/s1. The zero-order valence-corrected chi connectivity index (χ0v) is 17.8. The molecule has 1 fully saturated rings. The van der Waals surface area contributed by atoms with Gasteiger partial charge in [0.15, 0.2) is 0 Å². The molecule has 0 unspecified atom stereocenters. The first kappa shape index (κ1) is 24.9. The van der Waals surface area contributed by atoms with E-state index in [2.05, 4.69) is 0 Å². The van der Waals surface area contributed by atoms with Crippen molar-refractivity contribution in [2.45, 2.75) is 30.7 Å². The van der Waals surface area contributed by atoms with E-state index in [0.29, 0.717) is 11.1 Å². The van der Waals surface area contributed by atoms with Crippen LogP contribution in [0, 0.1) is 0 Å². The van der Waals surface area contributed by atoms with Crippen molar-refractivity contribution >= 4 is 24.1 Å². The summed E-state index contributed by atoms with van der Waals surface area (Å²) in [6, 6.07) is 12.3. The maximum absolute atomic E-state index is 12.0. The summed E-state index contributed by atoms with van der Waals surface area (Å²) in [7, 11) is 0. The summed E-state index contributed by atoms with van der Waals surface area (Å²) in [5, 5.41) is 48.5. The van der Waals surface area contributed by atoms with Gasteiger partial charge >= 0.3 is 11.9 Å². The molecule has 180 valence electrons. The Hall–Kier alpha value is -3.70. The lowest BCUT2D eigenvalue weighted by atomic mass is 9.99. The Morgan fingerprint density at radius 3 is 2.06 bits per heavy atom. The van der Waals surface area contributed by atoms with Crippen molar-refractivity contribution in [1.29, 1.82) is 0 Å². The first-order valence-electron chi connectivity index (χ1n) is 10.2. The van der Waals surface area contributed by atoms with Gasteiger partial charge in [0.05, 0.1) is 0 Å². The van der Waals surface area contributed by atoms with Crippen LogP contribution < -0.4 is 4.74 Å². The van der Waals surface area contributed by atoms with Crippen molar-refractivity contribution in [1.82, 2.24) is 0 Å². The molecule has 34 heavy (non-hydrogen) atoms. The monoisotopic (exact) mass is 472 g/mol. The number of aliphatic carboxylic acids is 1. The number of aliphatic hydroxyl groups excluding tert-OH is 3. The number of phenolic OH excluding ortho intramolecular Hbond substituents is 1. The molecule has 1 heterocycles. The molecule has 10 heteroatoms. The molecule has 0 aliphatic carbocycles. The van der Waals surface area contributed by atoms with Crippen LogP contribution in [-0.2, 0) is 19.1 Å². The predicted octanol–water partition coefficient (Wildman–Crippen LogP) is 0.933. The van der Waals surface area contributed by atoms with Crippen molar-refractivity contribution in [2.24, 2.45) is 0 Å². The molecule has 1 aliphatic rings. The highest BCUT2D eigenvalue weighted by molar-refractivity contribution is 5.87. The first-order valence-corrected chi connectivity index (χ1v) is 10.2. The topological polar surface area (TPSA) is 163 Å². The summed E-state index contributed by atoms with van der Waals surface area (Å²) in [5.41, 5.74) is 1.25. The molecule has 5 atom stereocenters. The van der Waals surface area contributed by atoms with Gasteiger partial charge in [0.1, 0.15) is 42.5 Å². The molecule has 3 rings (SSSR count). The zero-order valence-electron chi connectivity index (χ0n) is 17.8. The molecule has 10 nitrogen and oxygen atoms in total. The van der Waals surface area contributed by atoms with E-state index >= 15 is 0 Å². The summed E-state index contributed by atoms with van der Waals surface area (Å²) in [6.45, 7) is -0.414. The van der Waals surface area contributed by atoms with E-state index in [1.165, 1.54) is 36.4 Å². The lowest BCUT2D eigenvalue weighted by molar-refractivity contribution is -0.278. The smallest absolute Gasteiger partial charge is 0.330 e. The van der Waals surface area contributed by atoms with Gasteiger partial charge in [0.2, 0.25) is 6.29 Å². The minimum absolute atomic E-state index is 0.0895. The zero-order chi connectivity index (χ0) is 24.7. The number of hydrogen-bond acceptors (Lipinski definition) is 9. The largest absolute Gasteiger partial charge is 0.508 e. The van der Waals surface area contributed by atoms with Crippen LogP contribution in [0.2, 0.25) is 0 Å². The van der Waals surface area contributed by atoms with E-state index in [4.69, 9.17) is 19.3 Å². The molecule has 2 aromatic rings. The molecule has 0 radical (unpaired) electrons. The number of carboxylic acid groups (broad SMARTS) is 1. The maximum Gasteiger partial charge on any atom is 0.330 e. The third-order valence-electron chi connectivity index (χ3n) is 4.91. The second kappa shape index (κ2) is 11.4. The Bertz CT molecular complexity index is 1030. The third kappa shape index (κ3) is 6.90. The van der Waals surface area contributed by atoms with E-state index < -0.39 is 49.3 Å². The first-order chi connectivity index (χ1) is 16.2. The van der Waals surface area contributed by atoms with Crippen LogP contribution in [0.1, 0.15) is 11.1 Å². The Morgan fingerprint density at radius 2 is 1.44 bits per heavy atom. The number of phenols is 1. The van der Waals surface area contributed by atoms with Crippen LogP contribution in [-0.4, -0.2) is 74.8 Å². The van der Waals surface area contributed by atoms with Gasteiger partial charge in [-0.3, -0.25) is 0 Å². The SMILES string of the molecule is O=C(O)/C=C/c1ccc(O[C@@H]2O[C@H](COC(=O)/C=C/c3ccc(O)cc3)[C@@H](O)[C@H](O)[C@H]2O)cc1. The van der Waals surface area contributed by atoms with Crippen molar-refractivity contribution in [2.75, 3.05) is 6.61 Å². The van der Waals surface area contributed by atoms with E-state index in [1.54, 1.807) is 24.3 Å². The van der Waals surface area contributed by atoms with Gasteiger partial charge in [-0.25, -0.2) is 9.59 Å². The lowest BCUT2D eigenvalue weighted by Crippen LogP contribution is -2.60. The number of aromatic hydroxyl groups is 1. The number of rotatable bonds is 8. The van der Waals surface area contributed by atoms with Gasteiger partial charge in [-0.1, -0.05) is 24.3 Å². The van der Waals surface area contributed by atoms with Crippen LogP contribution in [0.3, 0.4) is 0 Å². The minimum Gasteiger partial charge on any atom is -0.508 e. The average Bonchev–Trinajstić information content (AvgIpc) is 2.82. The Labute approximate surface area is 194 Å². The molecular formula is C24H24O10. The van der Waals surface area contributed by atoms with Gasteiger partial charge in [0.25, 0.3) is 0 Å². The summed E-state index contributed by atoms with van der Waals surface area (Å²) < 4.78 is 16.2. The number of hydrogen-bond donors (Lipinski definition) is 5. The highest BCUT2D eigenvalue weighted by atomic mass is 16.7. The second-order valence-electron chi connectivity index (χ2n) is 7.43. The highest BCUT2D eigenvalue weighted by Crippen LogP contribution is 2.25. The number of carbonyl (C=O) groups excluding carboxylic acids is 1. The van der Waals surface area contributed by atoms with E-state index in [0.717, 1.165) is 12.2 Å². The van der Waals surface area contributed by atoms with Crippen molar-refractivity contribution in [3.8, 4) is 11.5 Å². The maximum atomic E-state index is 12.0. The fourth-order valence-electron chi connectivity index (χ4n) is 3.07. The van der Waals surface area contributed by atoms with Gasteiger partial charge in [-0.15, -0.1) is 0 Å². The average molecular weight is 472 g/mol. The number of carbonyl (C=O) groups is 2. The van der Waals surface area contributed by atoms with Gasteiger partial charge in [0, 0.05) is 12.2 Å². The second-order valence-corrected chi connectivity index (χ2v) is 7.43. The number of carboxylic acids is 1.